The number of esters is 3. The number of fused-ring (bicyclic) bond motifs is 2. The van der Waals surface area contributed by atoms with Gasteiger partial charge in [-0.1, -0.05) is 13.8 Å². The Hall–Kier alpha value is -7.71. The highest BCUT2D eigenvalue weighted by molar-refractivity contribution is 6.10. The number of hydrogen-bond acceptors (Lipinski definition) is 15. The molecule has 1 heterocycles. The molecule has 1 aliphatic heterocycles. The van der Waals surface area contributed by atoms with Gasteiger partial charge in [0.15, 0.2) is 11.2 Å². The number of ketones is 1. The smallest absolute Gasteiger partial charge is 0.336 e. The van der Waals surface area contributed by atoms with E-state index in [0.29, 0.717) is 0 Å². The minimum atomic E-state index is -1.79. The van der Waals surface area contributed by atoms with E-state index in [1.165, 1.54) is 50.2 Å². The third-order valence-electron chi connectivity index (χ3n) is 9.86. The molecule has 6 N–H and O–H groups in total. The molecule has 4 rings (SSSR count). The first-order valence-corrected chi connectivity index (χ1v) is 19.4. The number of rotatable bonds is 20. The lowest BCUT2D eigenvalue weighted by Crippen LogP contribution is -2.59. The molecular weight excluding hydrogens is 847 g/mol. The van der Waals surface area contributed by atoms with E-state index >= 15 is 0 Å². The van der Waals surface area contributed by atoms with Crippen LogP contribution in [0.5, 0.6) is 5.75 Å². The van der Waals surface area contributed by atoms with Crippen molar-refractivity contribution in [3.05, 3.63) is 75.9 Å². The molecule has 0 spiro atoms. The van der Waals surface area contributed by atoms with Crippen LogP contribution in [-0.2, 0) is 47.8 Å². The van der Waals surface area contributed by atoms with Crippen LogP contribution in [0, 0.1) is 5.92 Å². The highest BCUT2D eigenvalue weighted by atomic mass is 19.1. The predicted octanol–water partition coefficient (Wildman–Crippen LogP) is 1.80. The molecule has 0 saturated carbocycles. The molecule has 1 aliphatic carbocycles. The van der Waals surface area contributed by atoms with E-state index in [2.05, 4.69) is 30.7 Å². The number of phenols is 1. The maximum absolute atomic E-state index is 14.0. The summed E-state index contributed by atoms with van der Waals surface area (Å²) < 4.78 is 33.1. The number of carbonyl (C=O) groups excluding carboxylic acids is 8. The Morgan fingerprint density at radius 2 is 1.33 bits per heavy atom. The van der Waals surface area contributed by atoms with E-state index in [1.54, 1.807) is 0 Å². The third kappa shape index (κ3) is 12.2. The third-order valence-corrected chi connectivity index (χ3v) is 9.86. The van der Waals surface area contributed by atoms with Crippen molar-refractivity contribution in [3.8, 4) is 28.2 Å². The average Bonchev–Trinajstić information content (AvgIpc) is 3.26. The fourth-order valence-electron chi connectivity index (χ4n) is 6.47. The van der Waals surface area contributed by atoms with Crippen molar-refractivity contribution < 1.29 is 76.4 Å². The number of phenolic OH excluding ortho intramolecular Hbond substituents is 1. The summed E-state index contributed by atoms with van der Waals surface area (Å²) in [4.78, 5) is 129. The van der Waals surface area contributed by atoms with Crippen molar-refractivity contribution in [3.63, 3.8) is 0 Å². The van der Waals surface area contributed by atoms with E-state index in [4.69, 9.17) is 9.15 Å². The van der Waals surface area contributed by atoms with Crippen molar-refractivity contribution >= 4 is 64.3 Å². The van der Waals surface area contributed by atoms with Crippen LogP contribution in [0.25, 0.3) is 33.4 Å². The van der Waals surface area contributed by atoms with Gasteiger partial charge in [0, 0.05) is 40.6 Å². The Kier molecular flexibility index (Phi) is 16.7. The lowest BCUT2D eigenvalue weighted by molar-refractivity contribution is -0.144. The van der Waals surface area contributed by atoms with E-state index in [1.807, 2.05) is 0 Å². The molecule has 0 unspecified atom stereocenters. The van der Waals surface area contributed by atoms with Gasteiger partial charge in [0.05, 0.1) is 39.7 Å². The number of carboxylic acid groups (broad SMARTS) is 1. The number of carbonyl (C=O) groups is 9. The monoisotopic (exact) mass is 892 g/mol. The second kappa shape index (κ2) is 21.9. The highest BCUT2D eigenvalue weighted by Gasteiger charge is 2.35. The molecule has 2 aromatic carbocycles. The molecule has 21 heteroatoms. The number of methoxy groups -OCH3 is 3. The van der Waals surface area contributed by atoms with Crippen LogP contribution in [0.3, 0.4) is 0 Å². The first kappa shape index (κ1) is 49.0. The first-order valence-electron chi connectivity index (χ1n) is 19.4. The van der Waals surface area contributed by atoms with Gasteiger partial charge in [-0.2, -0.15) is 0 Å². The SMILES string of the molecule is COC(=O)CC[C@H](NC(=O)[C@H](CC(=O)OC)NC(=O)c1ccc(C(=O)O)c(-c2c3ccc(=O)cc-3oc3cc(O)ccc23)c1)C(=O)N[C@H](C(=O)N[C@@H](CC(=O)OC)C(=O)CF)C(C)C. The molecule has 0 saturated heterocycles. The number of aromatic hydroxyl groups is 1. The van der Waals surface area contributed by atoms with Gasteiger partial charge in [0.1, 0.15) is 47.9 Å². The lowest BCUT2D eigenvalue weighted by atomic mass is 9.89. The molecule has 20 nitrogen and oxygen atoms in total. The molecule has 0 radical (unpaired) electrons. The number of alkyl halides is 1. The van der Waals surface area contributed by atoms with Crippen molar-refractivity contribution in [2.45, 2.75) is 63.7 Å². The number of nitrogens with one attached hydrogen (secondary N) is 4. The predicted molar refractivity (Wildman–Crippen MR) is 221 cm³/mol. The summed E-state index contributed by atoms with van der Waals surface area (Å²) in [5.74, 6) is -10.4. The zero-order valence-electron chi connectivity index (χ0n) is 35.1. The van der Waals surface area contributed by atoms with Crippen LogP contribution in [0.15, 0.2) is 63.8 Å². The van der Waals surface area contributed by atoms with E-state index < -0.39 is 121 Å². The minimum absolute atomic E-state index is 0.0300. The van der Waals surface area contributed by atoms with Crippen LogP contribution in [-0.4, -0.2) is 116 Å². The Balaban J connectivity index is 1.69. The van der Waals surface area contributed by atoms with Crippen LogP contribution in [0.1, 0.15) is 60.2 Å². The Bertz CT molecular complexity index is 2500. The zero-order valence-corrected chi connectivity index (χ0v) is 35.1. The summed E-state index contributed by atoms with van der Waals surface area (Å²) in [6, 6.07) is 4.67. The molecule has 4 amide bonds. The number of amides is 4. The Morgan fingerprint density at radius 1 is 0.703 bits per heavy atom. The summed E-state index contributed by atoms with van der Waals surface area (Å²) in [6.07, 6.45) is -2.43. The largest absolute Gasteiger partial charge is 0.508 e. The molecule has 340 valence electrons. The van der Waals surface area contributed by atoms with Gasteiger partial charge < -0.3 is 50.1 Å². The normalized spacial score (nSPS) is 12.9. The van der Waals surface area contributed by atoms with Crippen molar-refractivity contribution in [2.24, 2.45) is 5.92 Å². The van der Waals surface area contributed by atoms with Gasteiger partial charge in [-0.3, -0.25) is 43.2 Å². The number of ether oxygens (including phenoxy) is 3. The molecule has 2 aromatic rings. The van der Waals surface area contributed by atoms with E-state index in [-0.39, 0.29) is 50.3 Å². The molecule has 0 fully saturated rings. The quantitative estimate of drug-likeness (QED) is 0.0419. The first-order chi connectivity index (χ1) is 30.3. The van der Waals surface area contributed by atoms with Crippen LogP contribution >= 0.6 is 0 Å². The summed E-state index contributed by atoms with van der Waals surface area (Å²) in [7, 11) is 3.09. The fraction of sp³-hybridized carbons (Fsp3) is 0.349. The Morgan fingerprint density at radius 3 is 1.94 bits per heavy atom. The van der Waals surface area contributed by atoms with Crippen LogP contribution < -0.4 is 26.7 Å². The second-order valence-electron chi connectivity index (χ2n) is 14.5. The lowest BCUT2D eigenvalue weighted by Gasteiger charge is -2.27. The molecule has 0 aromatic heterocycles. The van der Waals surface area contributed by atoms with Crippen LogP contribution in [0.4, 0.5) is 4.39 Å². The standard InChI is InChI=1S/C43H45FN4O16/c1-20(2)38(42(58)46-29(31(51)19-44)17-35(53)62-4)48-40(56)28(12-13-34(52)61-3)45-41(57)30(18-36(54)63-5)47-39(55)21-6-9-24(43(59)60)27(14-21)37-25-10-7-22(49)15-32(25)64-33-16-23(50)8-11-26(33)37/h6-11,14-16,20,28-30,38,49H,12-13,17-19H2,1-5H3,(H,45,57)(H,46,58)(H,47,55)(H,48,56)(H,59,60)/t28-,29-,30-,38-/m0/s1. The molecule has 64 heavy (non-hydrogen) atoms. The molecule has 0 bridgehead atoms. The van der Waals surface area contributed by atoms with Gasteiger partial charge in [-0.05, 0) is 60.4 Å². The number of benzene rings is 3. The van der Waals surface area contributed by atoms with Gasteiger partial charge >= 0.3 is 23.9 Å². The molecular formula is C43H45FN4O16. The van der Waals surface area contributed by atoms with Crippen molar-refractivity contribution in [2.75, 3.05) is 28.0 Å². The highest BCUT2D eigenvalue weighted by Crippen LogP contribution is 2.42. The Labute approximate surface area is 363 Å². The number of aromatic carboxylic acids is 1. The summed E-state index contributed by atoms with van der Waals surface area (Å²) in [6.45, 7) is 1.47. The van der Waals surface area contributed by atoms with Crippen LogP contribution in [0.2, 0.25) is 0 Å². The van der Waals surface area contributed by atoms with Crippen molar-refractivity contribution in [1.82, 2.24) is 21.3 Å². The fourth-order valence-corrected chi connectivity index (χ4v) is 6.47. The summed E-state index contributed by atoms with van der Waals surface area (Å²) in [5, 5.41) is 30.1. The molecule has 2 aliphatic rings. The average molecular weight is 893 g/mol. The second-order valence-corrected chi connectivity index (χ2v) is 14.5. The topological polar surface area (TPSA) is 300 Å². The number of carboxylic acids is 1. The summed E-state index contributed by atoms with van der Waals surface area (Å²) >= 11 is 0. The van der Waals surface area contributed by atoms with Gasteiger partial charge in [0.25, 0.3) is 5.91 Å². The van der Waals surface area contributed by atoms with E-state index in [9.17, 15) is 62.5 Å². The maximum atomic E-state index is 14.0. The van der Waals surface area contributed by atoms with Gasteiger partial charge in [0.2, 0.25) is 17.7 Å². The zero-order chi connectivity index (χ0) is 47.4. The number of halogens is 1. The number of Topliss-reactive ketones (excluding diaryl/α,β-unsaturated/α-hetero) is 1. The summed E-state index contributed by atoms with van der Waals surface area (Å²) in [5.41, 5.74) is -0.475. The minimum Gasteiger partial charge on any atom is -0.508 e. The molecule has 4 atom stereocenters. The maximum Gasteiger partial charge on any atom is 0.336 e. The number of hydrogen-bond donors (Lipinski definition) is 6. The van der Waals surface area contributed by atoms with Gasteiger partial charge in [-0.15, -0.1) is 0 Å². The van der Waals surface area contributed by atoms with Gasteiger partial charge in [-0.25, -0.2) is 9.18 Å². The van der Waals surface area contributed by atoms with E-state index in [0.717, 1.165) is 39.5 Å². The van der Waals surface area contributed by atoms with Crippen molar-refractivity contribution in [1.29, 1.82) is 0 Å².